The Balaban J connectivity index is 1.53. The van der Waals surface area contributed by atoms with Gasteiger partial charge < -0.3 is 5.32 Å². The highest BCUT2D eigenvalue weighted by Gasteiger charge is 2.22. The van der Waals surface area contributed by atoms with Gasteiger partial charge in [0.25, 0.3) is 0 Å². The Kier molecular flexibility index (Phi) is 4.80. The molecule has 0 radical (unpaired) electrons. The summed E-state index contributed by atoms with van der Waals surface area (Å²) in [5, 5.41) is 3.19. The molecule has 1 fully saturated rings. The third kappa shape index (κ3) is 3.77. The summed E-state index contributed by atoms with van der Waals surface area (Å²) in [4.78, 5) is 16.6. The lowest BCUT2D eigenvalue weighted by Crippen LogP contribution is -2.41. The van der Waals surface area contributed by atoms with Crippen LogP contribution in [-0.4, -0.2) is 22.7 Å². The van der Waals surface area contributed by atoms with E-state index in [4.69, 9.17) is 0 Å². The first kappa shape index (κ1) is 14.9. The SMILES string of the molecule is C[C@H]1CCCC[C@H]1NC(=O)CSc1nc2ccccc2s1. The molecule has 3 rings (SSSR count). The molecule has 5 heteroatoms. The van der Waals surface area contributed by atoms with Crippen LogP contribution in [-0.2, 0) is 4.79 Å². The summed E-state index contributed by atoms with van der Waals surface area (Å²) in [5.74, 6) is 1.21. The lowest BCUT2D eigenvalue weighted by Gasteiger charge is -2.29. The van der Waals surface area contributed by atoms with E-state index in [9.17, 15) is 4.79 Å². The van der Waals surface area contributed by atoms with Gasteiger partial charge in [0.05, 0.1) is 16.0 Å². The van der Waals surface area contributed by atoms with Crippen molar-refractivity contribution in [3.63, 3.8) is 0 Å². The van der Waals surface area contributed by atoms with Crippen LogP contribution in [0.5, 0.6) is 0 Å². The third-order valence-electron chi connectivity index (χ3n) is 4.06. The fourth-order valence-electron chi connectivity index (χ4n) is 2.82. The zero-order valence-electron chi connectivity index (χ0n) is 12.2. The molecule has 1 N–H and O–H groups in total. The van der Waals surface area contributed by atoms with Crippen LogP contribution in [0.2, 0.25) is 0 Å². The predicted octanol–water partition coefficient (Wildman–Crippen LogP) is 4.08. The molecule has 1 aliphatic rings. The Labute approximate surface area is 133 Å². The van der Waals surface area contributed by atoms with Gasteiger partial charge in [-0.3, -0.25) is 4.79 Å². The summed E-state index contributed by atoms with van der Waals surface area (Å²) in [7, 11) is 0. The molecule has 1 saturated carbocycles. The molecule has 1 aliphatic carbocycles. The minimum atomic E-state index is 0.137. The van der Waals surface area contributed by atoms with Crippen molar-refractivity contribution < 1.29 is 4.79 Å². The van der Waals surface area contributed by atoms with Crippen LogP contribution in [0.1, 0.15) is 32.6 Å². The van der Waals surface area contributed by atoms with Gasteiger partial charge in [0.1, 0.15) is 0 Å². The van der Waals surface area contributed by atoms with Crippen molar-refractivity contribution in [2.75, 3.05) is 5.75 Å². The van der Waals surface area contributed by atoms with Gasteiger partial charge in [0.2, 0.25) is 5.91 Å². The summed E-state index contributed by atoms with van der Waals surface area (Å²) >= 11 is 3.20. The van der Waals surface area contributed by atoms with E-state index in [0.29, 0.717) is 17.7 Å². The van der Waals surface area contributed by atoms with Crippen LogP contribution in [0.25, 0.3) is 10.2 Å². The van der Waals surface area contributed by atoms with E-state index in [0.717, 1.165) is 16.3 Å². The van der Waals surface area contributed by atoms with Crippen LogP contribution in [0, 0.1) is 5.92 Å². The lowest BCUT2D eigenvalue weighted by molar-refractivity contribution is -0.119. The van der Waals surface area contributed by atoms with E-state index in [2.05, 4.69) is 23.3 Å². The highest BCUT2D eigenvalue weighted by Crippen LogP contribution is 2.29. The van der Waals surface area contributed by atoms with Gasteiger partial charge in [-0.1, -0.05) is 43.7 Å². The van der Waals surface area contributed by atoms with Gasteiger partial charge in [0, 0.05) is 6.04 Å². The second-order valence-electron chi connectivity index (χ2n) is 5.67. The molecular formula is C16H20N2OS2. The smallest absolute Gasteiger partial charge is 0.230 e. The second-order valence-corrected chi connectivity index (χ2v) is 7.93. The summed E-state index contributed by atoms with van der Waals surface area (Å²) in [5.41, 5.74) is 1.02. The number of amides is 1. The first-order valence-electron chi connectivity index (χ1n) is 7.50. The van der Waals surface area contributed by atoms with E-state index >= 15 is 0 Å². The Hall–Kier alpha value is -1.07. The summed E-state index contributed by atoms with van der Waals surface area (Å²) in [6, 6.07) is 8.46. The highest BCUT2D eigenvalue weighted by molar-refractivity contribution is 8.01. The van der Waals surface area contributed by atoms with Gasteiger partial charge in [-0.15, -0.1) is 11.3 Å². The number of aromatic nitrogens is 1. The second kappa shape index (κ2) is 6.79. The monoisotopic (exact) mass is 320 g/mol. The topological polar surface area (TPSA) is 42.0 Å². The average Bonchev–Trinajstić information content (AvgIpc) is 2.90. The normalized spacial score (nSPS) is 22.3. The Morgan fingerprint density at radius 1 is 1.38 bits per heavy atom. The molecule has 1 amide bonds. The van der Waals surface area contributed by atoms with Crippen LogP contribution in [0.15, 0.2) is 28.6 Å². The van der Waals surface area contributed by atoms with E-state index in [1.807, 2.05) is 18.2 Å². The Bertz CT molecular complexity index is 593. The minimum Gasteiger partial charge on any atom is -0.352 e. The van der Waals surface area contributed by atoms with E-state index in [1.54, 1.807) is 11.3 Å². The quantitative estimate of drug-likeness (QED) is 0.863. The number of hydrogen-bond donors (Lipinski definition) is 1. The first-order valence-corrected chi connectivity index (χ1v) is 9.30. The minimum absolute atomic E-state index is 0.137. The van der Waals surface area contributed by atoms with Crippen molar-refractivity contribution in [2.45, 2.75) is 43.0 Å². The maximum absolute atomic E-state index is 12.1. The van der Waals surface area contributed by atoms with Crippen molar-refractivity contribution in [3.05, 3.63) is 24.3 Å². The highest BCUT2D eigenvalue weighted by atomic mass is 32.2. The standard InChI is InChI=1S/C16H20N2OS2/c1-11-6-2-3-7-12(11)17-15(19)10-20-16-18-13-8-4-5-9-14(13)21-16/h4-5,8-9,11-12H,2-3,6-7,10H2,1H3,(H,17,19)/t11-,12+/m0/s1. The number of nitrogens with one attached hydrogen (secondary N) is 1. The number of benzene rings is 1. The maximum Gasteiger partial charge on any atom is 0.230 e. The zero-order chi connectivity index (χ0) is 14.7. The summed E-state index contributed by atoms with van der Waals surface area (Å²) in [6.07, 6.45) is 4.89. The number of thioether (sulfide) groups is 1. The van der Waals surface area contributed by atoms with E-state index in [-0.39, 0.29) is 5.91 Å². The van der Waals surface area contributed by atoms with Gasteiger partial charge in [-0.25, -0.2) is 4.98 Å². The van der Waals surface area contributed by atoms with Crippen molar-refractivity contribution in [2.24, 2.45) is 5.92 Å². The molecule has 21 heavy (non-hydrogen) atoms. The van der Waals surface area contributed by atoms with Crippen LogP contribution >= 0.6 is 23.1 Å². The summed E-state index contributed by atoms with van der Waals surface area (Å²) < 4.78 is 2.16. The number of rotatable bonds is 4. The van der Waals surface area contributed by atoms with Gasteiger partial charge in [-0.2, -0.15) is 0 Å². The predicted molar refractivity (Wildman–Crippen MR) is 89.9 cm³/mol. The number of carbonyl (C=O) groups is 1. The molecule has 112 valence electrons. The molecule has 1 aromatic heterocycles. The molecule has 0 bridgehead atoms. The number of hydrogen-bond acceptors (Lipinski definition) is 4. The fourth-order valence-corrected chi connectivity index (χ4v) is 4.70. The van der Waals surface area contributed by atoms with E-state index < -0.39 is 0 Å². The van der Waals surface area contributed by atoms with Crippen molar-refractivity contribution in [1.82, 2.24) is 10.3 Å². The lowest BCUT2D eigenvalue weighted by atomic mass is 9.86. The van der Waals surface area contributed by atoms with Gasteiger partial charge >= 0.3 is 0 Å². The Morgan fingerprint density at radius 2 is 2.19 bits per heavy atom. The number of para-hydroxylation sites is 1. The molecule has 0 unspecified atom stereocenters. The molecule has 1 aromatic carbocycles. The summed E-state index contributed by atoms with van der Waals surface area (Å²) in [6.45, 7) is 2.24. The molecule has 1 heterocycles. The number of nitrogens with zero attached hydrogens (tertiary/aromatic N) is 1. The average molecular weight is 320 g/mol. The fraction of sp³-hybridized carbons (Fsp3) is 0.500. The molecule has 2 atom stereocenters. The van der Waals surface area contributed by atoms with Crippen LogP contribution in [0.4, 0.5) is 0 Å². The molecule has 0 saturated heterocycles. The third-order valence-corrected chi connectivity index (χ3v) is 6.24. The number of fused-ring (bicyclic) bond motifs is 1. The van der Waals surface area contributed by atoms with Crippen molar-refractivity contribution >= 4 is 39.2 Å². The first-order chi connectivity index (χ1) is 10.2. The van der Waals surface area contributed by atoms with Gasteiger partial charge in [0.15, 0.2) is 4.34 Å². The van der Waals surface area contributed by atoms with Crippen molar-refractivity contribution in [3.8, 4) is 0 Å². The number of carbonyl (C=O) groups excluding carboxylic acids is 1. The largest absolute Gasteiger partial charge is 0.352 e. The van der Waals surface area contributed by atoms with Gasteiger partial charge in [-0.05, 0) is 30.9 Å². The van der Waals surface area contributed by atoms with Crippen LogP contribution in [0.3, 0.4) is 0 Å². The molecule has 3 nitrogen and oxygen atoms in total. The maximum atomic E-state index is 12.1. The molecular weight excluding hydrogens is 300 g/mol. The molecule has 2 aromatic rings. The number of thiazole rings is 1. The molecule has 0 spiro atoms. The van der Waals surface area contributed by atoms with E-state index in [1.165, 1.54) is 35.7 Å². The van der Waals surface area contributed by atoms with Crippen molar-refractivity contribution in [1.29, 1.82) is 0 Å². The Morgan fingerprint density at radius 3 is 3.00 bits per heavy atom. The molecule has 0 aliphatic heterocycles. The van der Waals surface area contributed by atoms with Crippen LogP contribution < -0.4 is 5.32 Å². The zero-order valence-corrected chi connectivity index (χ0v) is 13.8.